The molecule has 0 aliphatic heterocycles. The minimum Gasteiger partial charge on any atom is -0.375 e. The maximum Gasteiger partial charge on any atom is 0.180 e. The summed E-state index contributed by atoms with van der Waals surface area (Å²) in [7, 11) is 0. The predicted octanol–water partition coefficient (Wildman–Crippen LogP) is 3.39. The maximum atomic E-state index is 5.67. The second-order valence-electron chi connectivity index (χ2n) is 4.32. The number of aromatic nitrogens is 2. The van der Waals surface area contributed by atoms with Gasteiger partial charge in [-0.3, -0.25) is 0 Å². The molecule has 0 aromatic carbocycles. The van der Waals surface area contributed by atoms with E-state index in [0.717, 1.165) is 5.69 Å². The summed E-state index contributed by atoms with van der Waals surface area (Å²) in [6.45, 7) is 8.66. The Labute approximate surface area is 99.9 Å². The SMILES string of the molecule is Cc1cc(-c2csc(N)n2)c(C)n1C(C)C. The third-order valence-electron chi connectivity index (χ3n) is 2.80. The van der Waals surface area contributed by atoms with Crippen molar-refractivity contribution in [1.29, 1.82) is 0 Å². The molecule has 0 unspecified atom stereocenters. The van der Waals surface area contributed by atoms with Crippen LogP contribution in [-0.4, -0.2) is 9.55 Å². The van der Waals surface area contributed by atoms with Crippen molar-refractivity contribution in [3.63, 3.8) is 0 Å². The Balaban J connectivity index is 2.55. The van der Waals surface area contributed by atoms with Crippen molar-refractivity contribution < 1.29 is 0 Å². The van der Waals surface area contributed by atoms with Crippen molar-refractivity contribution in [3.8, 4) is 11.3 Å². The summed E-state index contributed by atoms with van der Waals surface area (Å²) < 4.78 is 2.32. The number of anilines is 1. The predicted molar refractivity (Wildman–Crippen MR) is 69.8 cm³/mol. The van der Waals surface area contributed by atoms with Crippen LogP contribution in [0.25, 0.3) is 11.3 Å². The first-order valence-corrected chi connectivity index (χ1v) is 6.28. The van der Waals surface area contributed by atoms with E-state index in [1.807, 2.05) is 5.38 Å². The lowest BCUT2D eigenvalue weighted by molar-refractivity contribution is 0.575. The monoisotopic (exact) mass is 235 g/mol. The fourth-order valence-electron chi connectivity index (χ4n) is 2.24. The highest BCUT2D eigenvalue weighted by Gasteiger charge is 2.14. The van der Waals surface area contributed by atoms with Gasteiger partial charge in [0.05, 0.1) is 5.69 Å². The first-order valence-electron chi connectivity index (χ1n) is 5.40. The third-order valence-corrected chi connectivity index (χ3v) is 3.47. The molecule has 0 aliphatic carbocycles. The molecular weight excluding hydrogens is 218 g/mol. The number of hydrogen-bond acceptors (Lipinski definition) is 3. The van der Waals surface area contributed by atoms with Crippen LogP contribution in [0.3, 0.4) is 0 Å². The van der Waals surface area contributed by atoms with E-state index in [4.69, 9.17) is 5.73 Å². The zero-order valence-corrected chi connectivity index (χ0v) is 10.9. The number of thiazole rings is 1. The second kappa shape index (κ2) is 3.94. The number of nitrogens with zero attached hydrogens (tertiary/aromatic N) is 2. The topological polar surface area (TPSA) is 43.8 Å². The first-order chi connectivity index (χ1) is 7.50. The van der Waals surface area contributed by atoms with Crippen LogP contribution < -0.4 is 5.73 Å². The van der Waals surface area contributed by atoms with Gasteiger partial charge in [-0.05, 0) is 33.8 Å². The normalized spacial score (nSPS) is 11.3. The van der Waals surface area contributed by atoms with Crippen molar-refractivity contribution in [2.24, 2.45) is 0 Å². The zero-order valence-electron chi connectivity index (χ0n) is 10.1. The van der Waals surface area contributed by atoms with Crippen LogP contribution >= 0.6 is 11.3 Å². The van der Waals surface area contributed by atoms with E-state index in [1.54, 1.807) is 0 Å². The molecule has 0 atom stereocenters. The molecule has 2 heterocycles. The first kappa shape index (κ1) is 11.2. The van der Waals surface area contributed by atoms with Gasteiger partial charge in [0, 0.05) is 28.4 Å². The minimum atomic E-state index is 0.477. The highest BCUT2D eigenvalue weighted by molar-refractivity contribution is 7.13. The van der Waals surface area contributed by atoms with E-state index in [0.29, 0.717) is 11.2 Å². The van der Waals surface area contributed by atoms with Gasteiger partial charge in [0.15, 0.2) is 5.13 Å². The molecule has 0 fully saturated rings. The molecule has 0 aliphatic rings. The van der Waals surface area contributed by atoms with E-state index in [-0.39, 0.29) is 0 Å². The van der Waals surface area contributed by atoms with E-state index >= 15 is 0 Å². The van der Waals surface area contributed by atoms with Crippen LogP contribution in [0.1, 0.15) is 31.3 Å². The van der Waals surface area contributed by atoms with Crippen LogP contribution in [0.4, 0.5) is 5.13 Å². The molecule has 0 spiro atoms. The number of nitrogen functional groups attached to an aromatic ring is 1. The van der Waals surface area contributed by atoms with Gasteiger partial charge in [-0.1, -0.05) is 0 Å². The Hall–Kier alpha value is -1.29. The molecule has 16 heavy (non-hydrogen) atoms. The number of hydrogen-bond donors (Lipinski definition) is 1. The molecule has 0 saturated heterocycles. The Bertz CT molecular complexity index is 508. The van der Waals surface area contributed by atoms with Crippen molar-refractivity contribution in [3.05, 3.63) is 22.8 Å². The van der Waals surface area contributed by atoms with Gasteiger partial charge in [-0.2, -0.15) is 0 Å². The number of rotatable bonds is 2. The molecule has 0 radical (unpaired) electrons. The Morgan fingerprint density at radius 2 is 2.06 bits per heavy atom. The molecule has 0 amide bonds. The molecular formula is C12H17N3S. The Kier molecular flexibility index (Phi) is 2.76. The highest BCUT2D eigenvalue weighted by Crippen LogP contribution is 2.30. The van der Waals surface area contributed by atoms with Crippen molar-refractivity contribution in [1.82, 2.24) is 9.55 Å². The summed E-state index contributed by atoms with van der Waals surface area (Å²) in [6, 6.07) is 2.66. The summed E-state index contributed by atoms with van der Waals surface area (Å²) in [5, 5.41) is 2.64. The average molecular weight is 235 g/mol. The summed E-state index contributed by atoms with van der Waals surface area (Å²) >= 11 is 1.49. The molecule has 4 heteroatoms. The minimum absolute atomic E-state index is 0.477. The summed E-state index contributed by atoms with van der Waals surface area (Å²) in [4.78, 5) is 4.34. The van der Waals surface area contributed by atoms with Crippen LogP contribution in [-0.2, 0) is 0 Å². The van der Waals surface area contributed by atoms with E-state index in [2.05, 4.69) is 43.3 Å². The number of nitrogens with two attached hydrogens (primary N) is 1. The van der Waals surface area contributed by atoms with Crippen LogP contribution in [0.15, 0.2) is 11.4 Å². The molecule has 3 nitrogen and oxygen atoms in total. The van der Waals surface area contributed by atoms with Gasteiger partial charge in [-0.25, -0.2) is 4.98 Å². The molecule has 2 rings (SSSR count). The van der Waals surface area contributed by atoms with Crippen molar-refractivity contribution >= 4 is 16.5 Å². The highest BCUT2D eigenvalue weighted by atomic mass is 32.1. The van der Waals surface area contributed by atoms with Crippen LogP contribution in [0.5, 0.6) is 0 Å². The lowest BCUT2D eigenvalue weighted by Crippen LogP contribution is -2.04. The summed E-state index contributed by atoms with van der Waals surface area (Å²) in [5.74, 6) is 0. The fraction of sp³-hybridized carbons (Fsp3) is 0.417. The lowest BCUT2D eigenvalue weighted by Gasteiger charge is -2.13. The lowest BCUT2D eigenvalue weighted by atomic mass is 10.2. The van der Waals surface area contributed by atoms with Gasteiger partial charge in [0.25, 0.3) is 0 Å². The quantitative estimate of drug-likeness (QED) is 0.867. The standard InChI is InChI=1S/C12H17N3S/c1-7(2)15-8(3)5-10(9(15)4)11-6-16-12(13)14-11/h5-7H,1-4H3,(H2,13,14). The maximum absolute atomic E-state index is 5.67. The van der Waals surface area contributed by atoms with Crippen molar-refractivity contribution in [2.45, 2.75) is 33.7 Å². The molecule has 2 N–H and O–H groups in total. The average Bonchev–Trinajstić information content (AvgIpc) is 2.70. The van der Waals surface area contributed by atoms with Gasteiger partial charge >= 0.3 is 0 Å². The van der Waals surface area contributed by atoms with E-state index in [1.165, 1.54) is 28.3 Å². The smallest absolute Gasteiger partial charge is 0.180 e. The third kappa shape index (κ3) is 1.73. The molecule has 0 saturated carbocycles. The van der Waals surface area contributed by atoms with Gasteiger partial charge < -0.3 is 10.3 Å². The fourth-order valence-corrected chi connectivity index (χ4v) is 2.81. The Morgan fingerprint density at radius 1 is 1.38 bits per heavy atom. The Morgan fingerprint density at radius 3 is 2.50 bits per heavy atom. The molecule has 2 aromatic heterocycles. The molecule has 86 valence electrons. The van der Waals surface area contributed by atoms with E-state index < -0.39 is 0 Å². The van der Waals surface area contributed by atoms with Gasteiger partial charge in [0.1, 0.15) is 0 Å². The van der Waals surface area contributed by atoms with Crippen molar-refractivity contribution in [2.75, 3.05) is 5.73 Å². The second-order valence-corrected chi connectivity index (χ2v) is 5.21. The van der Waals surface area contributed by atoms with E-state index in [9.17, 15) is 0 Å². The molecule has 2 aromatic rings. The summed E-state index contributed by atoms with van der Waals surface area (Å²) in [6.07, 6.45) is 0. The van der Waals surface area contributed by atoms with Gasteiger partial charge in [-0.15, -0.1) is 11.3 Å². The zero-order chi connectivity index (χ0) is 11.9. The van der Waals surface area contributed by atoms with Gasteiger partial charge in [0.2, 0.25) is 0 Å². The summed E-state index contributed by atoms with van der Waals surface area (Å²) in [5.41, 5.74) is 10.4. The van der Waals surface area contributed by atoms with Crippen LogP contribution in [0.2, 0.25) is 0 Å². The van der Waals surface area contributed by atoms with Crippen LogP contribution in [0, 0.1) is 13.8 Å². The number of aryl methyl sites for hydroxylation is 1. The molecule has 0 bridgehead atoms. The largest absolute Gasteiger partial charge is 0.375 e.